The van der Waals surface area contributed by atoms with Crippen LogP contribution in [0.25, 0.3) is 0 Å². The Balaban J connectivity index is 4.23. The van der Waals surface area contributed by atoms with E-state index in [-0.39, 0.29) is 4.66 Å². The number of hydrogen-bond acceptors (Lipinski definition) is 4. The monoisotopic (exact) mass is 277 g/mol. The van der Waals surface area contributed by atoms with E-state index in [9.17, 15) is 5.26 Å². The summed E-state index contributed by atoms with van der Waals surface area (Å²) in [6, 6.07) is 3.38. The van der Waals surface area contributed by atoms with Crippen molar-refractivity contribution in [3.05, 3.63) is 0 Å². The van der Waals surface area contributed by atoms with Gasteiger partial charge in [0.2, 0.25) is 0 Å². The molecule has 94 valence electrons. The fourth-order valence-electron chi connectivity index (χ4n) is 1.31. The van der Waals surface area contributed by atoms with Crippen LogP contribution >= 0.6 is 0 Å². The Kier molecular flexibility index (Phi) is 10.2. The molecular formula is C9H23NO3Si3. The summed E-state index contributed by atoms with van der Waals surface area (Å²) in [5.74, 6) is 0. The van der Waals surface area contributed by atoms with Gasteiger partial charge in [-0.05, 0) is 26.8 Å². The van der Waals surface area contributed by atoms with Gasteiger partial charge in [-0.25, -0.2) is 0 Å². The van der Waals surface area contributed by atoms with E-state index in [2.05, 4.69) is 6.07 Å². The summed E-state index contributed by atoms with van der Waals surface area (Å²) in [5, 5.41) is 9.36. The maximum absolute atomic E-state index is 9.36. The van der Waals surface area contributed by atoms with Gasteiger partial charge in [0.15, 0.2) is 29.3 Å². The minimum atomic E-state index is -0.800. The van der Waals surface area contributed by atoms with Gasteiger partial charge in [0.1, 0.15) is 0 Å². The van der Waals surface area contributed by atoms with Crippen molar-refractivity contribution in [2.75, 3.05) is 19.8 Å². The second kappa shape index (κ2) is 10.2. The molecule has 0 aliphatic heterocycles. The third-order valence-electron chi connectivity index (χ3n) is 2.33. The standard InChI is InChI=1S/C9H23NO3Si3/c1-4-11-14-8-9(7-10,15-12-5-2)16-13-6-3/h4-6,8,14-16H2,1-3H3. The van der Waals surface area contributed by atoms with Crippen molar-refractivity contribution < 1.29 is 13.3 Å². The highest BCUT2D eigenvalue weighted by atomic mass is 28.3. The molecule has 0 radical (unpaired) electrons. The lowest BCUT2D eigenvalue weighted by atomic mass is 10.5. The van der Waals surface area contributed by atoms with Crippen molar-refractivity contribution in [3.8, 4) is 6.07 Å². The van der Waals surface area contributed by atoms with Gasteiger partial charge in [-0.3, -0.25) is 0 Å². The molecule has 16 heavy (non-hydrogen) atoms. The number of nitriles is 1. The Morgan fingerprint density at radius 1 is 1.00 bits per heavy atom. The summed E-state index contributed by atoms with van der Waals surface area (Å²) in [6.45, 7) is 8.16. The first kappa shape index (κ1) is 16.0. The first-order valence-corrected chi connectivity index (χ1v) is 10.0. The zero-order valence-electron chi connectivity index (χ0n) is 10.6. The van der Waals surface area contributed by atoms with Crippen molar-refractivity contribution in [1.82, 2.24) is 0 Å². The quantitative estimate of drug-likeness (QED) is 0.395. The average molecular weight is 278 g/mol. The zero-order chi connectivity index (χ0) is 12.3. The lowest BCUT2D eigenvalue weighted by Gasteiger charge is -2.24. The van der Waals surface area contributed by atoms with Gasteiger partial charge < -0.3 is 13.3 Å². The Labute approximate surface area is 105 Å². The molecule has 0 amide bonds. The lowest BCUT2D eigenvalue weighted by Crippen LogP contribution is -2.31. The molecule has 0 aliphatic rings. The Hall–Kier alpha value is 0.0206. The van der Waals surface area contributed by atoms with Crippen molar-refractivity contribution in [3.63, 3.8) is 0 Å². The molecule has 0 unspecified atom stereocenters. The van der Waals surface area contributed by atoms with Crippen LogP contribution in [0, 0.1) is 11.3 Å². The van der Waals surface area contributed by atoms with E-state index in [0.717, 1.165) is 12.7 Å². The van der Waals surface area contributed by atoms with Crippen LogP contribution in [0.4, 0.5) is 0 Å². The molecule has 0 aromatic rings. The van der Waals surface area contributed by atoms with Crippen LogP contribution in [0.1, 0.15) is 20.8 Å². The Bertz CT molecular complexity index is 203. The van der Waals surface area contributed by atoms with Gasteiger partial charge in [0.05, 0.1) is 10.7 Å². The number of rotatable bonds is 10. The van der Waals surface area contributed by atoms with Gasteiger partial charge in [-0.1, -0.05) is 0 Å². The molecule has 0 spiro atoms. The van der Waals surface area contributed by atoms with Crippen LogP contribution in [0.15, 0.2) is 0 Å². The lowest BCUT2D eigenvalue weighted by molar-refractivity contribution is 0.329. The summed E-state index contributed by atoms with van der Waals surface area (Å²) in [5.41, 5.74) is 0. The second-order valence-electron chi connectivity index (χ2n) is 3.61. The first-order chi connectivity index (χ1) is 7.74. The average Bonchev–Trinajstić information content (AvgIpc) is 2.32. The molecule has 0 saturated heterocycles. The van der Waals surface area contributed by atoms with E-state index >= 15 is 0 Å². The Morgan fingerprint density at radius 2 is 1.50 bits per heavy atom. The molecule has 4 nitrogen and oxygen atoms in total. The zero-order valence-corrected chi connectivity index (χ0v) is 14.9. The van der Waals surface area contributed by atoms with Crippen LogP contribution in [-0.4, -0.2) is 49.1 Å². The third-order valence-corrected chi connectivity index (χ3v) is 10.2. The van der Waals surface area contributed by atoms with Gasteiger partial charge in [0, 0.05) is 19.8 Å². The number of hydrogen-bond donors (Lipinski definition) is 0. The van der Waals surface area contributed by atoms with E-state index < -0.39 is 29.3 Å². The van der Waals surface area contributed by atoms with Crippen LogP contribution in [0.5, 0.6) is 0 Å². The summed E-state index contributed by atoms with van der Waals surface area (Å²) in [4.78, 5) is 0. The molecule has 7 heteroatoms. The smallest absolute Gasteiger partial charge is 0.180 e. The summed E-state index contributed by atoms with van der Waals surface area (Å²) < 4.78 is 16.4. The van der Waals surface area contributed by atoms with Crippen molar-refractivity contribution in [1.29, 1.82) is 5.26 Å². The van der Waals surface area contributed by atoms with E-state index in [1.54, 1.807) is 0 Å². The molecule has 0 N–H and O–H groups in total. The summed E-state index contributed by atoms with van der Waals surface area (Å²) in [6.07, 6.45) is 0. The van der Waals surface area contributed by atoms with E-state index in [1.165, 1.54) is 0 Å². The fraction of sp³-hybridized carbons (Fsp3) is 0.889. The highest BCUT2D eigenvalue weighted by Gasteiger charge is 2.32. The van der Waals surface area contributed by atoms with E-state index in [0.29, 0.717) is 13.2 Å². The predicted molar refractivity (Wildman–Crippen MR) is 73.6 cm³/mol. The fourth-order valence-corrected chi connectivity index (χ4v) is 6.79. The maximum Gasteiger partial charge on any atom is 0.180 e. The minimum Gasteiger partial charge on any atom is -0.424 e. The van der Waals surface area contributed by atoms with Gasteiger partial charge in [0.25, 0.3) is 0 Å². The van der Waals surface area contributed by atoms with Crippen molar-refractivity contribution >= 4 is 29.3 Å². The predicted octanol–water partition coefficient (Wildman–Crippen LogP) is -0.595. The molecule has 0 fully saturated rings. The van der Waals surface area contributed by atoms with Gasteiger partial charge in [-0.15, -0.1) is 0 Å². The molecule has 0 bridgehead atoms. The van der Waals surface area contributed by atoms with E-state index in [1.807, 2.05) is 20.8 Å². The van der Waals surface area contributed by atoms with Crippen LogP contribution in [0.2, 0.25) is 10.7 Å². The first-order valence-electron chi connectivity index (χ1n) is 5.89. The van der Waals surface area contributed by atoms with Crippen molar-refractivity contribution in [2.24, 2.45) is 0 Å². The maximum atomic E-state index is 9.36. The molecule has 0 rings (SSSR count). The third kappa shape index (κ3) is 6.57. The van der Waals surface area contributed by atoms with Crippen LogP contribution in [0.3, 0.4) is 0 Å². The molecule has 0 atom stereocenters. The van der Waals surface area contributed by atoms with E-state index in [4.69, 9.17) is 13.3 Å². The topological polar surface area (TPSA) is 51.5 Å². The highest BCUT2D eigenvalue weighted by Crippen LogP contribution is 2.28. The van der Waals surface area contributed by atoms with Gasteiger partial charge >= 0.3 is 0 Å². The van der Waals surface area contributed by atoms with Crippen LogP contribution < -0.4 is 0 Å². The molecule has 0 aliphatic carbocycles. The summed E-state index contributed by atoms with van der Waals surface area (Å²) in [7, 11) is -2.17. The number of nitrogens with zero attached hydrogens (tertiary/aromatic N) is 1. The highest BCUT2D eigenvalue weighted by molar-refractivity contribution is 6.60. The molecule has 0 heterocycles. The van der Waals surface area contributed by atoms with Gasteiger partial charge in [-0.2, -0.15) is 5.26 Å². The second-order valence-corrected chi connectivity index (χ2v) is 10.0. The van der Waals surface area contributed by atoms with Crippen LogP contribution in [-0.2, 0) is 13.3 Å². The SMILES string of the molecule is CCO[SiH2]CC(C#N)([SiH2]OCC)[SiH2]OCC. The summed E-state index contributed by atoms with van der Waals surface area (Å²) >= 11 is 0. The minimum absolute atomic E-state index is 0.229. The normalized spacial score (nSPS) is 16.6. The molecule has 0 saturated carbocycles. The van der Waals surface area contributed by atoms with Crippen molar-refractivity contribution in [2.45, 2.75) is 31.5 Å². The molecular weight excluding hydrogens is 254 g/mol. The molecule has 0 aromatic heterocycles. The Morgan fingerprint density at radius 3 is 1.88 bits per heavy atom. The largest absolute Gasteiger partial charge is 0.424 e. The molecule has 0 aromatic carbocycles.